The average molecular weight is 1120 g/mol. The number of ether oxygens (including phenoxy) is 3. The zero-order valence-electron chi connectivity index (χ0n) is 53.9. The van der Waals surface area contributed by atoms with Gasteiger partial charge >= 0.3 is 17.9 Å². The SMILES string of the molecule is CC/C=C\C/C=C\C/C=C\CCCCCCCC(=O)OCC(COC(=O)CCCCCCCCCCCCCCCCCCCCCCCCCCCCCCCCC)OC(=O)CCCCCCC/C=C\CCCCCCCCC. The molecule has 0 aliphatic heterocycles. The molecule has 6 heteroatoms. The summed E-state index contributed by atoms with van der Waals surface area (Å²) in [7, 11) is 0. The largest absolute Gasteiger partial charge is 0.462 e. The molecule has 0 spiro atoms. The highest BCUT2D eigenvalue weighted by atomic mass is 16.6. The maximum Gasteiger partial charge on any atom is 0.306 e. The van der Waals surface area contributed by atoms with Crippen molar-refractivity contribution in [3.63, 3.8) is 0 Å². The number of esters is 3. The number of unbranched alkanes of at least 4 members (excludes halogenated alkanes) is 47. The van der Waals surface area contributed by atoms with Crippen molar-refractivity contribution in [2.45, 2.75) is 393 Å². The molecule has 0 saturated carbocycles. The maximum absolute atomic E-state index is 12.9. The first kappa shape index (κ1) is 77.4. The van der Waals surface area contributed by atoms with Gasteiger partial charge in [0.2, 0.25) is 0 Å². The molecule has 0 rings (SSSR count). The summed E-state index contributed by atoms with van der Waals surface area (Å²) in [5.41, 5.74) is 0. The van der Waals surface area contributed by atoms with Crippen molar-refractivity contribution in [3.8, 4) is 0 Å². The smallest absolute Gasteiger partial charge is 0.306 e. The number of allylic oxidation sites excluding steroid dienone is 8. The summed E-state index contributed by atoms with van der Waals surface area (Å²) in [4.78, 5) is 38.4. The molecule has 1 unspecified atom stereocenters. The summed E-state index contributed by atoms with van der Waals surface area (Å²) in [6, 6.07) is 0. The van der Waals surface area contributed by atoms with E-state index in [0.29, 0.717) is 19.3 Å². The van der Waals surface area contributed by atoms with Gasteiger partial charge in [0, 0.05) is 19.3 Å². The van der Waals surface area contributed by atoms with Gasteiger partial charge in [-0.15, -0.1) is 0 Å². The lowest BCUT2D eigenvalue weighted by Gasteiger charge is -2.18. The highest BCUT2D eigenvalue weighted by Crippen LogP contribution is 2.19. The van der Waals surface area contributed by atoms with E-state index >= 15 is 0 Å². The minimum absolute atomic E-state index is 0.0784. The summed E-state index contributed by atoms with van der Waals surface area (Å²) in [6.07, 6.45) is 87.3. The van der Waals surface area contributed by atoms with Crippen molar-refractivity contribution in [2.24, 2.45) is 0 Å². The van der Waals surface area contributed by atoms with Gasteiger partial charge < -0.3 is 14.2 Å². The molecule has 0 aliphatic carbocycles. The molecule has 0 radical (unpaired) electrons. The Balaban J connectivity index is 4.16. The molecule has 0 aromatic rings. The van der Waals surface area contributed by atoms with Crippen molar-refractivity contribution in [1.82, 2.24) is 0 Å². The van der Waals surface area contributed by atoms with Crippen LogP contribution in [0.15, 0.2) is 48.6 Å². The minimum atomic E-state index is -0.784. The molecule has 0 N–H and O–H groups in total. The van der Waals surface area contributed by atoms with Crippen LogP contribution in [0.3, 0.4) is 0 Å². The van der Waals surface area contributed by atoms with Crippen molar-refractivity contribution in [3.05, 3.63) is 48.6 Å². The standard InChI is InChI=1S/C74H136O6/c1-4-7-10-13-16-19-22-25-28-30-31-32-33-34-35-36-37-38-39-40-41-42-43-44-47-49-52-55-58-61-64-67-73(76)79-70-71(69-78-72(75)66-63-60-57-54-51-48-45-27-24-21-18-15-12-9-6-3)80-74(77)68-65-62-59-56-53-50-46-29-26-23-20-17-14-11-8-5-2/h9,12,18,21,27,29,45-46,71H,4-8,10-11,13-17,19-20,22-26,28,30-44,47-70H2,1-3H3/b12-9-,21-18-,45-27-,46-29-. The first-order valence-electron chi connectivity index (χ1n) is 35.6. The van der Waals surface area contributed by atoms with Gasteiger partial charge in [0.05, 0.1) is 0 Å². The predicted octanol–water partition coefficient (Wildman–Crippen LogP) is 24.5. The molecule has 468 valence electrons. The van der Waals surface area contributed by atoms with Crippen LogP contribution in [0.5, 0.6) is 0 Å². The zero-order valence-corrected chi connectivity index (χ0v) is 53.9. The number of carbonyl (C=O) groups excluding carboxylic acids is 3. The van der Waals surface area contributed by atoms with E-state index in [4.69, 9.17) is 14.2 Å². The van der Waals surface area contributed by atoms with Crippen molar-refractivity contribution < 1.29 is 28.6 Å². The van der Waals surface area contributed by atoms with E-state index in [2.05, 4.69) is 69.4 Å². The zero-order chi connectivity index (χ0) is 57.8. The summed E-state index contributed by atoms with van der Waals surface area (Å²) >= 11 is 0. The lowest BCUT2D eigenvalue weighted by Crippen LogP contribution is -2.30. The Kier molecular flexibility index (Phi) is 66.6. The lowest BCUT2D eigenvalue weighted by atomic mass is 10.0. The first-order valence-corrected chi connectivity index (χ1v) is 35.6. The molecule has 0 bridgehead atoms. The Morgan fingerprint density at radius 3 is 0.775 bits per heavy atom. The van der Waals surface area contributed by atoms with Crippen molar-refractivity contribution in [2.75, 3.05) is 13.2 Å². The normalized spacial score (nSPS) is 12.3. The van der Waals surface area contributed by atoms with Gasteiger partial charge in [-0.2, -0.15) is 0 Å². The van der Waals surface area contributed by atoms with E-state index in [-0.39, 0.29) is 31.1 Å². The highest BCUT2D eigenvalue weighted by molar-refractivity contribution is 5.71. The Bertz CT molecular complexity index is 1380. The van der Waals surface area contributed by atoms with Crippen LogP contribution in [0.4, 0.5) is 0 Å². The van der Waals surface area contributed by atoms with Gasteiger partial charge in [0.15, 0.2) is 6.10 Å². The summed E-state index contributed by atoms with van der Waals surface area (Å²) in [5.74, 6) is -0.881. The molecular weight excluding hydrogens is 985 g/mol. The Labute approximate surface area is 498 Å². The number of carbonyl (C=O) groups is 3. The third-order valence-electron chi connectivity index (χ3n) is 16.1. The summed E-state index contributed by atoms with van der Waals surface area (Å²) in [5, 5.41) is 0. The van der Waals surface area contributed by atoms with Crippen LogP contribution in [0, 0.1) is 0 Å². The fourth-order valence-electron chi connectivity index (χ4n) is 10.8. The van der Waals surface area contributed by atoms with E-state index in [1.807, 2.05) is 0 Å². The van der Waals surface area contributed by atoms with Crippen LogP contribution < -0.4 is 0 Å². The van der Waals surface area contributed by atoms with Crippen molar-refractivity contribution >= 4 is 17.9 Å². The molecular formula is C74H136O6. The molecule has 0 aliphatic rings. The van der Waals surface area contributed by atoms with E-state index < -0.39 is 6.10 Å². The molecule has 80 heavy (non-hydrogen) atoms. The lowest BCUT2D eigenvalue weighted by molar-refractivity contribution is -0.167. The van der Waals surface area contributed by atoms with Gasteiger partial charge in [-0.3, -0.25) is 14.4 Å². The topological polar surface area (TPSA) is 78.9 Å². The Morgan fingerprint density at radius 2 is 0.487 bits per heavy atom. The molecule has 0 aromatic heterocycles. The van der Waals surface area contributed by atoms with Crippen LogP contribution in [0.2, 0.25) is 0 Å². The Hall–Kier alpha value is -2.63. The van der Waals surface area contributed by atoms with Crippen LogP contribution in [0.1, 0.15) is 387 Å². The van der Waals surface area contributed by atoms with Gasteiger partial charge in [-0.05, 0) is 77.0 Å². The van der Waals surface area contributed by atoms with E-state index in [9.17, 15) is 14.4 Å². The van der Waals surface area contributed by atoms with Gasteiger partial charge in [-0.25, -0.2) is 0 Å². The molecule has 0 aromatic carbocycles. The molecule has 0 fully saturated rings. The third kappa shape index (κ3) is 66.2. The molecule has 0 heterocycles. The quantitative estimate of drug-likeness (QED) is 0.0261. The van der Waals surface area contributed by atoms with Gasteiger partial charge in [0.25, 0.3) is 0 Å². The fourth-order valence-corrected chi connectivity index (χ4v) is 10.8. The molecule has 0 amide bonds. The number of hydrogen-bond acceptors (Lipinski definition) is 6. The second kappa shape index (κ2) is 68.9. The highest BCUT2D eigenvalue weighted by Gasteiger charge is 2.19. The summed E-state index contributed by atoms with van der Waals surface area (Å²) in [6.45, 7) is 6.57. The third-order valence-corrected chi connectivity index (χ3v) is 16.1. The second-order valence-corrected chi connectivity index (χ2v) is 24.1. The first-order chi connectivity index (χ1) is 39.5. The van der Waals surface area contributed by atoms with Crippen LogP contribution in [0.25, 0.3) is 0 Å². The second-order valence-electron chi connectivity index (χ2n) is 24.1. The van der Waals surface area contributed by atoms with Crippen LogP contribution >= 0.6 is 0 Å². The predicted molar refractivity (Wildman–Crippen MR) is 349 cm³/mol. The summed E-state index contributed by atoms with van der Waals surface area (Å²) < 4.78 is 17.0. The molecule has 0 saturated heterocycles. The Morgan fingerprint density at radius 1 is 0.263 bits per heavy atom. The average Bonchev–Trinajstić information content (AvgIpc) is 3.46. The number of hydrogen-bond donors (Lipinski definition) is 0. The van der Waals surface area contributed by atoms with Crippen molar-refractivity contribution in [1.29, 1.82) is 0 Å². The molecule has 1 atom stereocenters. The fraction of sp³-hybridized carbons (Fsp3) is 0.851. The van der Waals surface area contributed by atoms with Gasteiger partial charge in [-0.1, -0.05) is 339 Å². The van der Waals surface area contributed by atoms with E-state index in [1.54, 1.807) is 0 Å². The van der Waals surface area contributed by atoms with Crippen LogP contribution in [-0.4, -0.2) is 37.2 Å². The monoisotopic (exact) mass is 1120 g/mol. The van der Waals surface area contributed by atoms with Gasteiger partial charge in [0.1, 0.15) is 13.2 Å². The minimum Gasteiger partial charge on any atom is -0.462 e. The van der Waals surface area contributed by atoms with E-state index in [0.717, 1.165) is 109 Å². The maximum atomic E-state index is 12.9. The number of rotatable bonds is 66. The van der Waals surface area contributed by atoms with E-state index in [1.165, 1.54) is 238 Å². The van der Waals surface area contributed by atoms with Crippen LogP contribution in [-0.2, 0) is 28.6 Å². The molecule has 6 nitrogen and oxygen atoms in total.